The molecule has 1 aromatic heterocycles. The van der Waals surface area contributed by atoms with Crippen molar-refractivity contribution in [3.63, 3.8) is 0 Å². The molecule has 2 heterocycles. The topological polar surface area (TPSA) is 50.3 Å². The molecule has 2 rings (SSSR count). The number of nitrogens with zero attached hydrogens (tertiary/aromatic N) is 3. The highest BCUT2D eigenvalue weighted by Gasteiger charge is 2.09. The van der Waals surface area contributed by atoms with Gasteiger partial charge in [0.15, 0.2) is 5.16 Å². The molecule has 1 fully saturated rings. The molecular formula is C11H17ClN4OS. The van der Waals surface area contributed by atoms with Gasteiger partial charge in [0.25, 0.3) is 0 Å². The van der Waals surface area contributed by atoms with Crippen LogP contribution >= 0.6 is 23.4 Å². The molecule has 100 valence electrons. The lowest BCUT2D eigenvalue weighted by Gasteiger charge is -2.26. The Kier molecular flexibility index (Phi) is 5.49. The van der Waals surface area contributed by atoms with Crippen molar-refractivity contribution in [3.05, 3.63) is 11.2 Å². The van der Waals surface area contributed by atoms with Crippen molar-refractivity contribution in [2.45, 2.75) is 5.16 Å². The minimum Gasteiger partial charge on any atom is -0.379 e. The van der Waals surface area contributed by atoms with Gasteiger partial charge in [-0.25, -0.2) is 9.97 Å². The number of morpholine rings is 1. The number of anilines is 1. The molecule has 0 spiro atoms. The summed E-state index contributed by atoms with van der Waals surface area (Å²) in [5.41, 5.74) is 0. The van der Waals surface area contributed by atoms with Crippen LogP contribution in [0.5, 0.6) is 0 Å². The van der Waals surface area contributed by atoms with Crippen LogP contribution in [0.3, 0.4) is 0 Å². The number of rotatable bonds is 5. The van der Waals surface area contributed by atoms with Crippen LogP contribution in [0.2, 0.25) is 5.15 Å². The van der Waals surface area contributed by atoms with Crippen LogP contribution in [-0.2, 0) is 4.74 Å². The van der Waals surface area contributed by atoms with Gasteiger partial charge in [0.05, 0.1) is 13.2 Å². The third-order valence-electron chi connectivity index (χ3n) is 2.69. The normalized spacial score (nSPS) is 16.8. The van der Waals surface area contributed by atoms with Crippen LogP contribution in [0.15, 0.2) is 11.2 Å². The lowest BCUT2D eigenvalue weighted by atomic mass is 10.4. The van der Waals surface area contributed by atoms with Gasteiger partial charge in [-0.3, -0.25) is 4.90 Å². The molecule has 1 N–H and O–H groups in total. The van der Waals surface area contributed by atoms with Crippen molar-refractivity contribution in [2.24, 2.45) is 0 Å². The minimum absolute atomic E-state index is 0.475. The summed E-state index contributed by atoms with van der Waals surface area (Å²) in [5.74, 6) is 0.785. The van der Waals surface area contributed by atoms with E-state index in [2.05, 4.69) is 20.2 Å². The van der Waals surface area contributed by atoms with Crippen LogP contribution in [-0.4, -0.2) is 60.5 Å². The molecule has 0 saturated carbocycles. The lowest BCUT2D eigenvalue weighted by molar-refractivity contribution is 0.0398. The second-order valence-corrected chi connectivity index (χ2v) is 5.10. The van der Waals surface area contributed by atoms with E-state index in [1.165, 1.54) is 11.8 Å². The zero-order chi connectivity index (χ0) is 12.8. The molecule has 1 saturated heterocycles. The van der Waals surface area contributed by atoms with E-state index in [4.69, 9.17) is 16.3 Å². The first-order valence-electron chi connectivity index (χ1n) is 5.90. The molecule has 1 aliphatic rings. The average molecular weight is 289 g/mol. The fourth-order valence-electron chi connectivity index (χ4n) is 1.75. The molecule has 0 amide bonds. The molecule has 0 radical (unpaired) electrons. The van der Waals surface area contributed by atoms with Crippen molar-refractivity contribution in [2.75, 3.05) is 51.0 Å². The molecule has 0 unspecified atom stereocenters. The van der Waals surface area contributed by atoms with Gasteiger partial charge in [-0.1, -0.05) is 23.4 Å². The van der Waals surface area contributed by atoms with E-state index in [0.717, 1.165) is 45.2 Å². The predicted octanol–water partition coefficient (Wildman–Crippen LogP) is 1.60. The van der Waals surface area contributed by atoms with Gasteiger partial charge < -0.3 is 10.1 Å². The van der Waals surface area contributed by atoms with E-state index in [9.17, 15) is 0 Å². The second kappa shape index (κ2) is 7.13. The molecule has 0 bridgehead atoms. The van der Waals surface area contributed by atoms with Crippen LogP contribution in [0.4, 0.5) is 5.82 Å². The Labute approximate surface area is 116 Å². The van der Waals surface area contributed by atoms with E-state index >= 15 is 0 Å². The van der Waals surface area contributed by atoms with Gasteiger partial charge in [-0.2, -0.15) is 0 Å². The Morgan fingerprint density at radius 1 is 1.44 bits per heavy atom. The SMILES string of the molecule is CSc1nc(Cl)cc(NCCN2CCOCC2)n1. The molecule has 18 heavy (non-hydrogen) atoms. The number of hydrogen-bond donors (Lipinski definition) is 1. The molecule has 1 aromatic rings. The summed E-state index contributed by atoms with van der Waals surface area (Å²) >= 11 is 7.41. The maximum Gasteiger partial charge on any atom is 0.190 e. The lowest BCUT2D eigenvalue weighted by Crippen LogP contribution is -2.39. The summed E-state index contributed by atoms with van der Waals surface area (Å²) in [7, 11) is 0. The summed E-state index contributed by atoms with van der Waals surface area (Å²) in [5, 5.41) is 4.44. The molecule has 7 heteroatoms. The Balaban J connectivity index is 1.80. The Hall–Kier alpha value is -0.560. The largest absolute Gasteiger partial charge is 0.379 e. The molecule has 1 aliphatic heterocycles. The van der Waals surface area contributed by atoms with E-state index in [0.29, 0.717) is 10.3 Å². The summed E-state index contributed by atoms with van der Waals surface area (Å²) in [4.78, 5) is 10.8. The second-order valence-electron chi connectivity index (χ2n) is 3.94. The van der Waals surface area contributed by atoms with E-state index in [1.54, 1.807) is 6.07 Å². The van der Waals surface area contributed by atoms with Crippen molar-refractivity contribution >= 4 is 29.2 Å². The summed E-state index contributed by atoms with van der Waals surface area (Å²) in [6.45, 7) is 5.50. The fraction of sp³-hybridized carbons (Fsp3) is 0.636. The Bertz CT molecular complexity index is 387. The maximum absolute atomic E-state index is 5.92. The number of thioether (sulfide) groups is 1. The van der Waals surface area contributed by atoms with Gasteiger partial charge >= 0.3 is 0 Å². The smallest absolute Gasteiger partial charge is 0.190 e. The Morgan fingerprint density at radius 3 is 2.94 bits per heavy atom. The van der Waals surface area contributed by atoms with E-state index in [1.807, 2.05) is 6.26 Å². The predicted molar refractivity (Wildman–Crippen MR) is 74.6 cm³/mol. The first kappa shape index (κ1) is 13.9. The average Bonchev–Trinajstić information content (AvgIpc) is 2.39. The molecule has 0 aliphatic carbocycles. The van der Waals surface area contributed by atoms with E-state index in [-0.39, 0.29) is 0 Å². The van der Waals surface area contributed by atoms with Crippen LogP contribution in [0.1, 0.15) is 0 Å². The van der Waals surface area contributed by atoms with Gasteiger partial charge in [0.1, 0.15) is 11.0 Å². The molecule has 0 aromatic carbocycles. The van der Waals surface area contributed by atoms with E-state index < -0.39 is 0 Å². The number of halogens is 1. The highest BCUT2D eigenvalue weighted by atomic mass is 35.5. The zero-order valence-electron chi connectivity index (χ0n) is 10.4. The number of aromatic nitrogens is 2. The zero-order valence-corrected chi connectivity index (χ0v) is 11.9. The standard InChI is InChI=1S/C11H17ClN4OS/c1-18-11-14-9(12)8-10(15-11)13-2-3-16-4-6-17-7-5-16/h8H,2-7H2,1H3,(H,13,14,15). The van der Waals surface area contributed by atoms with Crippen LogP contribution in [0.25, 0.3) is 0 Å². The van der Waals surface area contributed by atoms with Crippen molar-refractivity contribution in [3.8, 4) is 0 Å². The van der Waals surface area contributed by atoms with Crippen LogP contribution in [0, 0.1) is 0 Å². The third kappa shape index (κ3) is 4.28. The molecule has 5 nitrogen and oxygen atoms in total. The number of nitrogens with one attached hydrogen (secondary N) is 1. The minimum atomic E-state index is 0.475. The monoisotopic (exact) mass is 288 g/mol. The quantitative estimate of drug-likeness (QED) is 0.504. The van der Waals surface area contributed by atoms with Gasteiger partial charge in [0, 0.05) is 32.2 Å². The third-order valence-corrected chi connectivity index (χ3v) is 3.44. The summed E-state index contributed by atoms with van der Waals surface area (Å²) in [6, 6.07) is 1.75. The van der Waals surface area contributed by atoms with Gasteiger partial charge in [-0.05, 0) is 6.26 Å². The Morgan fingerprint density at radius 2 is 2.22 bits per heavy atom. The number of ether oxygens (including phenoxy) is 1. The fourth-order valence-corrected chi connectivity index (χ4v) is 2.36. The summed E-state index contributed by atoms with van der Waals surface area (Å²) < 4.78 is 5.31. The van der Waals surface area contributed by atoms with Crippen molar-refractivity contribution in [1.82, 2.24) is 14.9 Å². The summed E-state index contributed by atoms with van der Waals surface area (Å²) in [6.07, 6.45) is 1.93. The highest BCUT2D eigenvalue weighted by molar-refractivity contribution is 7.98. The van der Waals surface area contributed by atoms with Crippen molar-refractivity contribution < 1.29 is 4.74 Å². The number of hydrogen-bond acceptors (Lipinski definition) is 6. The highest BCUT2D eigenvalue weighted by Crippen LogP contribution is 2.16. The van der Waals surface area contributed by atoms with Gasteiger partial charge in [-0.15, -0.1) is 0 Å². The first-order chi connectivity index (χ1) is 8.78. The van der Waals surface area contributed by atoms with Crippen LogP contribution < -0.4 is 5.32 Å². The van der Waals surface area contributed by atoms with Gasteiger partial charge in [0.2, 0.25) is 0 Å². The first-order valence-corrected chi connectivity index (χ1v) is 7.51. The van der Waals surface area contributed by atoms with Crippen molar-refractivity contribution in [1.29, 1.82) is 0 Å². The molecular weight excluding hydrogens is 272 g/mol. The molecule has 0 atom stereocenters. The maximum atomic E-state index is 5.92.